The number of aromatic nitrogens is 2. The zero-order valence-electron chi connectivity index (χ0n) is 10.6. The number of hydrogen-bond acceptors (Lipinski definition) is 2. The first-order valence-electron chi connectivity index (χ1n) is 6.22. The van der Waals surface area contributed by atoms with E-state index in [1.54, 1.807) is 10.6 Å². The highest BCUT2D eigenvalue weighted by Crippen LogP contribution is 2.24. The molecule has 0 aliphatic heterocycles. The molecule has 19 heavy (non-hydrogen) atoms. The molecule has 0 unspecified atom stereocenters. The SMILES string of the molecule is CCc1cccc(-n2c(N)nc3ccc(F)cc32)c1. The lowest BCUT2D eigenvalue weighted by Crippen LogP contribution is -2.01. The molecule has 0 atom stereocenters. The molecule has 0 radical (unpaired) electrons. The van der Waals surface area contributed by atoms with Gasteiger partial charge in [0.2, 0.25) is 5.95 Å². The zero-order chi connectivity index (χ0) is 13.4. The van der Waals surface area contributed by atoms with Crippen molar-refractivity contribution >= 4 is 17.0 Å². The van der Waals surface area contributed by atoms with E-state index >= 15 is 0 Å². The van der Waals surface area contributed by atoms with Crippen molar-refractivity contribution in [3.8, 4) is 5.69 Å². The second-order valence-corrected chi connectivity index (χ2v) is 4.46. The van der Waals surface area contributed by atoms with Crippen LogP contribution in [0, 0.1) is 5.82 Å². The van der Waals surface area contributed by atoms with Crippen LogP contribution in [0.4, 0.5) is 10.3 Å². The van der Waals surface area contributed by atoms with Crippen LogP contribution in [0.2, 0.25) is 0 Å². The molecule has 3 aromatic rings. The van der Waals surface area contributed by atoms with E-state index in [2.05, 4.69) is 18.0 Å². The van der Waals surface area contributed by atoms with Crippen molar-refractivity contribution in [2.45, 2.75) is 13.3 Å². The maximum absolute atomic E-state index is 13.4. The summed E-state index contributed by atoms with van der Waals surface area (Å²) in [4.78, 5) is 4.26. The fourth-order valence-corrected chi connectivity index (χ4v) is 2.25. The lowest BCUT2D eigenvalue weighted by atomic mass is 10.1. The van der Waals surface area contributed by atoms with Gasteiger partial charge in [-0.15, -0.1) is 0 Å². The molecule has 96 valence electrons. The quantitative estimate of drug-likeness (QED) is 0.763. The smallest absolute Gasteiger partial charge is 0.205 e. The maximum Gasteiger partial charge on any atom is 0.205 e. The van der Waals surface area contributed by atoms with E-state index in [-0.39, 0.29) is 5.82 Å². The van der Waals surface area contributed by atoms with Crippen LogP contribution in [0.1, 0.15) is 12.5 Å². The van der Waals surface area contributed by atoms with Gasteiger partial charge in [-0.25, -0.2) is 9.37 Å². The van der Waals surface area contributed by atoms with Gasteiger partial charge in [-0.2, -0.15) is 0 Å². The zero-order valence-corrected chi connectivity index (χ0v) is 10.6. The van der Waals surface area contributed by atoms with Crippen LogP contribution in [0.25, 0.3) is 16.7 Å². The van der Waals surface area contributed by atoms with E-state index in [0.29, 0.717) is 17.0 Å². The average molecular weight is 255 g/mol. The Kier molecular flexibility index (Phi) is 2.71. The molecule has 3 rings (SSSR count). The second kappa shape index (κ2) is 4.39. The van der Waals surface area contributed by atoms with Crippen LogP contribution in [-0.4, -0.2) is 9.55 Å². The minimum Gasteiger partial charge on any atom is -0.369 e. The molecular formula is C15H14FN3. The van der Waals surface area contributed by atoms with Crippen LogP contribution in [-0.2, 0) is 6.42 Å². The van der Waals surface area contributed by atoms with Gasteiger partial charge >= 0.3 is 0 Å². The van der Waals surface area contributed by atoms with Crippen molar-refractivity contribution in [2.75, 3.05) is 5.73 Å². The summed E-state index contributed by atoms with van der Waals surface area (Å²) in [6.45, 7) is 2.09. The Bertz CT molecular complexity index is 746. The van der Waals surface area contributed by atoms with Crippen molar-refractivity contribution in [1.29, 1.82) is 0 Å². The summed E-state index contributed by atoms with van der Waals surface area (Å²) in [6.07, 6.45) is 0.939. The number of nitrogens with zero attached hydrogens (tertiary/aromatic N) is 2. The van der Waals surface area contributed by atoms with Crippen LogP contribution in [0.15, 0.2) is 42.5 Å². The fraction of sp³-hybridized carbons (Fsp3) is 0.133. The first kappa shape index (κ1) is 11.7. The predicted octanol–water partition coefficient (Wildman–Crippen LogP) is 3.31. The van der Waals surface area contributed by atoms with Crippen LogP contribution < -0.4 is 5.73 Å². The highest BCUT2D eigenvalue weighted by atomic mass is 19.1. The molecule has 0 amide bonds. The monoisotopic (exact) mass is 255 g/mol. The van der Waals surface area contributed by atoms with Gasteiger partial charge in [0, 0.05) is 11.8 Å². The number of halogens is 1. The molecule has 0 aliphatic carbocycles. The Morgan fingerprint density at radius 3 is 2.84 bits per heavy atom. The first-order chi connectivity index (χ1) is 9.19. The molecule has 3 nitrogen and oxygen atoms in total. The van der Waals surface area contributed by atoms with Gasteiger partial charge in [0.05, 0.1) is 11.0 Å². The molecule has 0 saturated heterocycles. The van der Waals surface area contributed by atoms with E-state index in [1.807, 2.05) is 18.2 Å². The highest BCUT2D eigenvalue weighted by molar-refractivity contribution is 5.80. The minimum absolute atomic E-state index is 0.291. The third kappa shape index (κ3) is 1.95. The number of benzene rings is 2. The molecule has 0 aliphatic rings. The van der Waals surface area contributed by atoms with Gasteiger partial charge in [-0.3, -0.25) is 4.57 Å². The lowest BCUT2D eigenvalue weighted by molar-refractivity contribution is 0.629. The maximum atomic E-state index is 13.4. The predicted molar refractivity (Wildman–Crippen MR) is 74.8 cm³/mol. The van der Waals surface area contributed by atoms with Gasteiger partial charge in [0.25, 0.3) is 0 Å². The number of rotatable bonds is 2. The third-order valence-electron chi connectivity index (χ3n) is 3.22. The molecule has 1 aromatic heterocycles. The highest BCUT2D eigenvalue weighted by Gasteiger charge is 2.10. The number of fused-ring (bicyclic) bond motifs is 1. The number of imidazole rings is 1. The van der Waals surface area contributed by atoms with Crippen molar-refractivity contribution in [1.82, 2.24) is 9.55 Å². The van der Waals surface area contributed by atoms with E-state index in [0.717, 1.165) is 12.1 Å². The molecule has 0 bridgehead atoms. The molecular weight excluding hydrogens is 241 g/mol. The van der Waals surface area contributed by atoms with E-state index in [9.17, 15) is 4.39 Å². The van der Waals surface area contributed by atoms with Crippen LogP contribution in [0.5, 0.6) is 0 Å². The summed E-state index contributed by atoms with van der Waals surface area (Å²) in [6, 6.07) is 12.5. The summed E-state index contributed by atoms with van der Waals surface area (Å²) in [5.74, 6) is 0.0779. The normalized spacial score (nSPS) is 11.1. The molecule has 4 heteroatoms. The Labute approximate surface area is 110 Å². The fourth-order valence-electron chi connectivity index (χ4n) is 2.25. The minimum atomic E-state index is -0.291. The van der Waals surface area contributed by atoms with Gasteiger partial charge < -0.3 is 5.73 Å². The molecule has 0 spiro atoms. The van der Waals surface area contributed by atoms with Gasteiger partial charge in [0.15, 0.2) is 0 Å². The summed E-state index contributed by atoms with van der Waals surface area (Å²) < 4.78 is 15.2. The largest absolute Gasteiger partial charge is 0.369 e. The molecule has 0 saturated carbocycles. The number of nitrogens with two attached hydrogens (primary N) is 1. The van der Waals surface area contributed by atoms with Gasteiger partial charge in [0.1, 0.15) is 5.82 Å². The summed E-state index contributed by atoms with van der Waals surface area (Å²) in [5.41, 5.74) is 9.45. The molecule has 2 aromatic carbocycles. The summed E-state index contributed by atoms with van der Waals surface area (Å²) in [7, 11) is 0. The van der Waals surface area contributed by atoms with E-state index < -0.39 is 0 Å². The van der Waals surface area contributed by atoms with Crippen molar-refractivity contribution in [3.05, 3.63) is 53.8 Å². The number of anilines is 1. The molecule has 2 N–H and O–H groups in total. The Morgan fingerprint density at radius 2 is 2.05 bits per heavy atom. The third-order valence-corrected chi connectivity index (χ3v) is 3.22. The summed E-state index contributed by atoms with van der Waals surface area (Å²) >= 11 is 0. The number of aryl methyl sites for hydroxylation is 1. The second-order valence-electron chi connectivity index (χ2n) is 4.46. The van der Waals surface area contributed by atoms with Crippen LogP contribution in [0.3, 0.4) is 0 Å². The van der Waals surface area contributed by atoms with Crippen LogP contribution >= 0.6 is 0 Å². The lowest BCUT2D eigenvalue weighted by Gasteiger charge is -2.08. The van der Waals surface area contributed by atoms with Crippen molar-refractivity contribution in [3.63, 3.8) is 0 Å². The topological polar surface area (TPSA) is 43.8 Å². The standard InChI is InChI=1S/C15H14FN3/c1-2-10-4-3-5-12(8-10)19-14-9-11(16)6-7-13(14)18-15(19)17/h3-9H,2H2,1H3,(H2,17,18). The van der Waals surface area contributed by atoms with Crippen molar-refractivity contribution < 1.29 is 4.39 Å². The average Bonchev–Trinajstić information content (AvgIpc) is 2.74. The van der Waals surface area contributed by atoms with Gasteiger partial charge in [-0.1, -0.05) is 19.1 Å². The Morgan fingerprint density at radius 1 is 1.21 bits per heavy atom. The molecule has 1 heterocycles. The van der Waals surface area contributed by atoms with E-state index in [1.165, 1.54) is 17.7 Å². The van der Waals surface area contributed by atoms with Gasteiger partial charge in [-0.05, 0) is 36.2 Å². The Balaban J connectivity index is 2.28. The summed E-state index contributed by atoms with van der Waals surface area (Å²) in [5, 5.41) is 0. The van der Waals surface area contributed by atoms with Crippen molar-refractivity contribution in [2.24, 2.45) is 0 Å². The number of nitrogen functional groups attached to an aromatic ring is 1. The number of hydrogen-bond donors (Lipinski definition) is 1. The molecule has 0 fully saturated rings. The van der Waals surface area contributed by atoms with E-state index in [4.69, 9.17) is 5.73 Å². The first-order valence-corrected chi connectivity index (χ1v) is 6.22. The Hall–Kier alpha value is -2.36.